The summed E-state index contributed by atoms with van der Waals surface area (Å²) < 4.78 is 4.75. The highest BCUT2D eigenvalue weighted by Crippen LogP contribution is 2.18. The fraction of sp³-hybridized carbons (Fsp3) is 0.409. The Balaban J connectivity index is 1.59. The molecule has 0 aliphatic carbocycles. The molecule has 5 heteroatoms. The number of aliphatic hydroxyl groups is 1. The molecule has 0 saturated carbocycles. The second kappa shape index (κ2) is 9.65. The van der Waals surface area contributed by atoms with Crippen molar-refractivity contribution in [3.05, 3.63) is 71.3 Å². The maximum absolute atomic E-state index is 11.6. The Kier molecular flexibility index (Phi) is 6.98. The summed E-state index contributed by atoms with van der Waals surface area (Å²) in [4.78, 5) is 16.5. The lowest BCUT2D eigenvalue weighted by molar-refractivity contribution is 0.0500. The van der Waals surface area contributed by atoms with Crippen molar-refractivity contribution in [3.63, 3.8) is 0 Å². The molecule has 1 N–H and O–H groups in total. The molecule has 2 aromatic carbocycles. The lowest BCUT2D eigenvalue weighted by Gasteiger charge is -2.41. The van der Waals surface area contributed by atoms with Crippen LogP contribution in [0.1, 0.15) is 27.9 Å². The van der Waals surface area contributed by atoms with Crippen molar-refractivity contribution in [2.75, 3.05) is 33.4 Å². The number of carbonyl (C=O) groups is 1. The summed E-state index contributed by atoms with van der Waals surface area (Å²) in [5.41, 5.74) is 3.07. The van der Waals surface area contributed by atoms with Crippen LogP contribution in [0.4, 0.5) is 0 Å². The number of nitrogens with zero attached hydrogens (tertiary/aromatic N) is 2. The number of hydrogen-bond acceptors (Lipinski definition) is 5. The van der Waals surface area contributed by atoms with Crippen LogP contribution in [0.25, 0.3) is 0 Å². The summed E-state index contributed by atoms with van der Waals surface area (Å²) in [5, 5.41) is 9.50. The minimum Gasteiger partial charge on any atom is -0.465 e. The molecular weight excluding hydrogens is 340 g/mol. The van der Waals surface area contributed by atoms with Gasteiger partial charge in [0.25, 0.3) is 0 Å². The molecule has 1 aliphatic rings. The highest BCUT2D eigenvalue weighted by Gasteiger charge is 2.26. The van der Waals surface area contributed by atoms with Crippen molar-refractivity contribution < 1.29 is 14.6 Å². The van der Waals surface area contributed by atoms with Crippen molar-refractivity contribution in [2.24, 2.45) is 0 Å². The number of hydrogen-bond donors (Lipinski definition) is 1. The van der Waals surface area contributed by atoms with Crippen molar-refractivity contribution in [1.82, 2.24) is 9.80 Å². The van der Waals surface area contributed by atoms with Gasteiger partial charge in [-0.05, 0) is 29.7 Å². The first kappa shape index (κ1) is 19.5. The fourth-order valence-electron chi connectivity index (χ4n) is 3.67. The monoisotopic (exact) mass is 368 g/mol. The zero-order chi connectivity index (χ0) is 19.1. The molecule has 1 saturated heterocycles. The number of carbonyl (C=O) groups excluding carboxylic acids is 1. The molecule has 0 bridgehead atoms. The number of esters is 1. The Hall–Kier alpha value is -2.21. The lowest BCUT2D eigenvalue weighted by Crippen LogP contribution is -2.52. The minimum atomic E-state index is -0.306. The third-order valence-corrected chi connectivity index (χ3v) is 5.16. The predicted molar refractivity (Wildman–Crippen MR) is 105 cm³/mol. The zero-order valence-corrected chi connectivity index (χ0v) is 15.9. The van der Waals surface area contributed by atoms with Crippen molar-refractivity contribution >= 4 is 5.97 Å². The van der Waals surface area contributed by atoms with Crippen molar-refractivity contribution in [3.8, 4) is 0 Å². The Bertz CT molecular complexity index is 718. The van der Waals surface area contributed by atoms with E-state index in [1.165, 1.54) is 18.2 Å². The van der Waals surface area contributed by atoms with Crippen LogP contribution >= 0.6 is 0 Å². The summed E-state index contributed by atoms with van der Waals surface area (Å²) in [6.45, 7) is 4.90. The van der Waals surface area contributed by atoms with Crippen LogP contribution in [0.15, 0.2) is 54.6 Å². The van der Waals surface area contributed by atoms with Crippen LogP contribution in [0.2, 0.25) is 0 Å². The molecule has 1 heterocycles. The zero-order valence-electron chi connectivity index (χ0n) is 15.9. The normalized spacial score (nSPS) is 18.4. The summed E-state index contributed by atoms with van der Waals surface area (Å²) >= 11 is 0. The lowest BCUT2D eigenvalue weighted by atomic mass is 10.1. The van der Waals surface area contributed by atoms with E-state index in [9.17, 15) is 9.90 Å². The highest BCUT2D eigenvalue weighted by molar-refractivity contribution is 5.89. The van der Waals surface area contributed by atoms with Gasteiger partial charge in [0.1, 0.15) is 0 Å². The van der Waals surface area contributed by atoms with Crippen LogP contribution < -0.4 is 0 Å². The van der Waals surface area contributed by atoms with Crippen LogP contribution in [0.5, 0.6) is 0 Å². The minimum absolute atomic E-state index is 0.206. The average molecular weight is 368 g/mol. The van der Waals surface area contributed by atoms with Gasteiger partial charge in [-0.1, -0.05) is 42.5 Å². The first-order valence-electron chi connectivity index (χ1n) is 9.48. The Labute approximate surface area is 161 Å². The van der Waals surface area contributed by atoms with Gasteiger partial charge in [0.05, 0.1) is 12.7 Å². The third kappa shape index (κ3) is 5.39. The van der Waals surface area contributed by atoms with E-state index < -0.39 is 0 Å². The molecule has 2 aromatic rings. The second-order valence-corrected chi connectivity index (χ2v) is 7.05. The first-order chi connectivity index (χ1) is 13.2. The molecule has 0 spiro atoms. The molecule has 0 aromatic heterocycles. The van der Waals surface area contributed by atoms with Gasteiger partial charge in [0, 0.05) is 45.4 Å². The molecule has 0 unspecified atom stereocenters. The van der Waals surface area contributed by atoms with Crippen LogP contribution in [0, 0.1) is 0 Å². The molecule has 144 valence electrons. The van der Waals surface area contributed by atoms with Gasteiger partial charge >= 0.3 is 5.97 Å². The number of benzene rings is 2. The van der Waals surface area contributed by atoms with E-state index in [0.29, 0.717) is 11.6 Å². The van der Waals surface area contributed by atoms with E-state index in [0.717, 1.165) is 39.1 Å². The van der Waals surface area contributed by atoms with Crippen LogP contribution in [-0.4, -0.2) is 60.3 Å². The molecule has 27 heavy (non-hydrogen) atoms. The van der Waals surface area contributed by atoms with E-state index in [1.54, 1.807) is 0 Å². The van der Waals surface area contributed by atoms with Crippen LogP contribution in [0.3, 0.4) is 0 Å². The van der Waals surface area contributed by atoms with Gasteiger partial charge in [-0.15, -0.1) is 0 Å². The topological polar surface area (TPSA) is 53.0 Å². The largest absolute Gasteiger partial charge is 0.465 e. The van der Waals surface area contributed by atoms with Crippen LogP contribution in [-0.2, 0) is 17.8 Å². The Morgan fingerprint density at radius 2 is 1.74 bits per heavy atom. The standard InChI is InChI=1S/C22H28N2O3/c1-27-22(26)20-9-7-19(8-10-20)15-23-12-13-24(21(17-23)11-14-25)16-18-5-3-2-4-6-18/h2-10,21,25H,11-17H2,1H3/t21-/m0/s1. The Morgan fingerprint density at radius 3 is 2.41 bits per heavy atom. The summed E-state index contributed by atoms with van der Waals surface area (Å²) in [6, 6.07) is 18.5. The van der Waals surface area contributed by atoms with E-state index in [4.69, 9.17) is 4.74 Å². The van der Waals surface area contributed by atoms with Gasteiger partial charge in [-0.25, -0.2) is 4.79 Å². The van der Waals surface area contributed by atoms with Gasteiger partial charge in [0.2, 0.25) is 0 Å². The maximum Gasteiger partial charge on any atom is 0.337 e. The number of aliphatic hydroxyl groups excluding tert-OH is 1. The first-order valence-corrected chi connectivity index (χ1v) is 9.48. The molecule has 1 aliphatic heterocycles. The predicted octanol–water partition coefficient (Wildman–Crippen LogP) is 2.54. The van der Waals surface area contributed by atoms with E-state index in [1.807, 2.05) is 30.3 Å². The number of methoxy groups -OCH3 is 1. The van der Waals surface area contributed by atoms with Gasteiger partial charge in [0.15, 0.2) is 0 Å². The summed E-state index contributed by atoms with van der Waals surface area (Å²) in [6.07, 6.45) is 0.782. The van der Waals surface area contributed by atoms with E-state index >= 15 is 0 Å². The third-order valence-electron chi connectivity index (χ3n) is 5.16. The quantitative estimate of drug-likeness (QED) is 0.761. The SMILES string of the molecule is COC(=O)c1ccc(CN2CCN(Cc3ccccc3)[C@@H](CCO)C2)cc1. The second-order valence-electron chi connectivity index (χ2n) is 7.05. The molecule has 0 radical (unpaired) electrons. The van der Waals surface area contributed by atoms with Crippen molar-refractivity contribution in [2.45, 2.75) is 25.6 Å². The highest BCUT2D eigenvalue weighted by atomic mass is 16.5. The van der Waals surface area contributed by atoms with E-state index in [-0.39, 0.29) is 12.6 Å². The average Bonchev–Trinajstić information content (AvgIpc) is 2.71. The summed E-state index contributed by atoms with van der Waals surface area (Å²) in [7, 11) is 1.40. The maximum atomic E-state index is 11.6. The Morgan fingerprint density at radius 1 is 1.04 bits per heavy atom. The molecule has 1 fully saturated rings. The molecular formula is C22H28N2O3. The smallest absolute Gasteiger partial charge is 0.337 e. The fourth-order valence-corrected chi connectivity index (χ4v) is 3.67. The summed E-state index contributed by atoms with van der Waals surface area (Å²) in [5.74, 6) is -0.306. The molecule has 0 amide bonds. The van der Waals surface area contributed by atoms with Gasteiger partial charge in [-0.2, -0.15) is 0 Å². The number of rotatable bonds is 7. The molecule has 5 nitrogen and oxygen atoms in total. The van der Waals surface area contributed by atoms with Gasteiger partial charge in [-0.3, -0.25) is 9.80 Å². The van der Waals surface area contributed by atoms with Crippen molar-refractivity contribution in [1.29, 1.82) is 0 Å². The van der Waals surface area contributed by atoms with E-state index in [2.05, 4.69) is 34.1 Å². The van der Waals surface area contributed by atoms with Gasteiger partial charge < -0.3 is 9.84 Å². The number of piperazine rings is 1. The molecule has 1 atom stereocenters. The number of ether oxygens (including phenoxy) is 1. The molecule has 3 rings (SSSR count).